The summed E-state index contributed by atoms with van der Waals surface area (Å²) in [5.41, 5.74) is 8.77. The average molecular weight is 459 g/mol. The molecular weight excluding hydrogens is 428 g/mol. The lowest BCUT2D eigenvalue weighted by molar-refractivity contribution is 0.0944. The van der Waals surface area contributed by atoms with Gasteiger partial charge in [0.05, 0.1) is 18.4 Å². The monoisotopic (exact) mass is 458 g/mol. The number of fused-ring (bicyclic) bond motifs is 1. The minimum atomic E-state index is -0.114. The van der Waals surface area contributed by atoms with Crippen LogP contribution in [0.5, 0.6) is 0 Å². The number of nitrogen functional groups attached to an aromatic ring is 1. The Bertz CT molecular complexity index is 1240. The predicted octanol–water partition coefficient (Wildman–Crippen LogP) is 3.34. The number of benzene rings is 1. The molecule has 4 aromatic rings. The van der Waals surface area contributed by atoms with Crippen LogP contribution in [0.1, 0.15) is 34.8 Å². The van der Waals surface area contributed by atoms with Crippen molar-refractivity contribution in [1.29, 1.82) is 0 Å². The topological polar surface area (TPSA) is 102 Å². The summed E-state index contributed by atoms with van der Waals surface area (Å²) in [6, 6.07) is 15.0. The summed E-state index contributed by atoms with van der Waals surface area (Å²) in [6.07, 6.45) is 6.66. The van der Waals surface area contributed by atoms with Crippen LogP contribution >= 0.6 is 0 Å². The van der Waals surface area contributed by atoms with E-state index in [1.165, 1.54) is 0 Å². The highest BCUT2D eigenvalue weighted by Gasteiger charge is 2.23. The normalized spacial score (nSPS) is 15.1. The number of piperidine rings is 1. The molecule has 1 fully saturated rings. The van der Waals surface area contributed by atoms with Gasteiger partial charge in [0.15, 0.2) is 5.65 Å². The van der Waals surface area contributed by atoms with Crippen molar-refractivity contribution in [2.24, 2.45) is 5.92 Å². The lowest BCUT2D eigenvalue weighted by Crippen LogP contribution is -2.40. The molecule has 3 aromatic heterocycles. The predicted molar refractivity (Wildman–Crippen MR) is 131 cm³/mol. The molecular formula is C26H30N6O2. The highest BCUT2D eigenvalue weighted by atomic mass is 16.3. The molecule has 3 N–H and O–H groups in total. The number of anilines is 1. The zero-order valence-electron chi connectivity index (χ0n) is 19.2. The molecule has 0 bridgehead atoms. The summed E-state index contributed by atoms with van der Waals surface area (Å²) in [4.78, 5) is 24.2. The standard InChI is InChI=1S/C26H30N6O2/c27-22-7-2-1-6-21(22)26(33)29-12-15-31-13-9-19(10-14-31)17-24-30-23-8-3-11-28-25(23)32(24)18-20-5-4-16-34-20/h1-8,11,16,19H,9-10,12-15,17-18,27H2,(H,29,33). The van der Waals surface area contributed by atoms with E-state index in [-0.39, 0.29) is 5.91 Å². The summed E-state index contributed by atoms with van der Waals surface area (Å²) < 4.78 is 7.77. The molecule has 4 heterocycles. The van der Waals surface area contributed by atoms with Gasteiger partial charge >= 0.3 is 0 Å². The van der Waals surface area contributed by atoms with Crippen molar-refractivity contribution < 1.29 is 9.21 Å². The molecule has 0 spiro atoms. The minimum absolute atomic E-state index is 0.114. The second-order valence-electron chi connectivity index (χ2n) is 8.87. The number of aromatic nitrogens is 3. The van der Waals surface area contributed by atoms with Crippen LogP contribution in [0.3, 0.4) is 0 Å². The number of rotatable bonds is 8. The largest absolute Gasteiger partial charge is 0.467 e. The van der Waals surface area contributed by atoms with E-state index in [0.29, 0.717) is 30.3 Å². The Hall–Kier alpha value is -3.65. The number of hydrogen-bond donors (Lipinski definition) is 2. The Morgan fingerprint density at radius 1 is 1.12 bits per heavy atom. The lowest BCUT2D eigenvalue weighted by Gasteiger charge is -2.31. The third-order valence-corrected chi connectivity index (χ3v) is 6.57. The van der Waals surface area contributed by atoms with Crippen LogP contribution in [0.2, 0.25) is 0 Å². The van der Waals surface area contributed by atoms with Crippen molar-refractivity contribution in [1.82, 2.24) is 24.8 Å². The number of nitrogens with two attached hydrogens (primary N) is 1. The third kappa shape index (κ3) is 4.97. The number of likely N-dealkylation sites (tertiary alicyclic amines) is 1. The SMILES string of the molecule is Nc1ccccc1C(=O)NCCN1CCC(Cc2nc3cccnc3n2Cc2ccco2)CC1. The van der Waals surface area contributed by atoms with E-state index < -0.39 is 0 Å². The molecule has 0 aliphatic carbocycles. The average Bonchev–Trinajstić information content (AvgIpc) is 3.49. The van der Waals surface area contributed by atoms with Crippen LogP contribution in [0, 0.1) is 5.92 Å². The van der Waals surface area contributed by atoms with Gasteiger partial charge in [-0.2, -0.15) is 0 Å². The van der Waals surface area contributed by atoms with Gasteiger partial charge in [-0.1, -0.05) is 12.1 Å². The summed E-state index contributed by atoms with van der Waals surface area (Å²) in [5.74, 6) is 2.43. The summed E-state index contributed by atoms with van der Waals surface area (Å²) in [7, 11) is 0. The van der Waals surface area contributed by atoms with E-state index in [1.807, 2.05) is 42.6 Å². The molecule has 0 unspecified atom stereocenters. The first-order chi connectivity index (χ1) is 16.7. The lowest BCUT2D eigenvalue weighted by atomic mass is 9.93. The van der Waals surface area contributed by atoms with E-state index in [1.54, 1.807) is 18.4 Å². The second kappa shape index (κ2) is 10.1. The number of imidazole rings is 1. The number of carbonyl (C=O) groups is 1. The number of nitrogens with zero attached hydrogens (tertiary/aromatic N) is 4. The summed E-state index contributed by atoms with van der Waals surface area (Å²) in [5, 5.41) is 2.99. The van der Waals surface area contributed by atoms with Crippen LogP contribution < -0.4 is 11.1 Å². The third-order valence-electron chi connectivity index (χ3n) is 6.57. The van der Waals surface area contributed by atoms with Crippen LogP contribution in [-0.4, -0.2) is 51.5 Å². The van der Waals surface area contributed by atoms with Gasteiger partial charge in [-0.15, -0.1) is 0 Å². The number of amides is 1. The number of pyridine rings is 1. The van der Waals surface area contributed by atoms with Crippen LogP contribution in [0.15, 0.2) is 65.4 Å². The van der Waals surface area contributed by atoms with Crippen LogP contribution in [0.4, 0.5) is 5.69 Å². The molecule has 0 atom stereocenters. The molecule has 34 heavy (non-hydrogen) atoms. The number of carbonyl (C=O) groups excluding carboxylic acids is 1. The number of furan rings is 1. The van der Waals surface area contributed by atoms with Gasteiger partial charge in [-0.25, -0.2) is 9.97 Å². The minimum Gasteiger partial charge on any atom is -0.467 e. The fraction of sp³-hybridized carbons (Fsp3) is 0.346. The highest BCUT2D eigenvalue weighted by Crippen LogP contribution is 2.24. The number of nitrogens with one attached hydrogen (secondary N) is 1. The molecule has 1 aliphatic heterocycles. The number of hydrogen-bond acceptors (Lipinski definition) is 6. The summed E-state index contributed by atoms with van der Waals surface area (Å²) in [6.45, 7) is 4.13. The van der Waals surface area contributed by atoms with Crippen molar-refractivity contribution in [2.75, 3.05) is 31.9 Å². The van der Waals surface area contributed by atoms with Crippen molar-refractivity contribution in [3.8, 4) is 0 Å². The first-order valence-corrected chi connectivity index (χ1v) is 11.8. The molecule has 8 heteroatoms. The van der Waals surface area contributed by atoms with Crippen LogP contribution in [0.25, 0.3) is 11.2 Å². The molecule has 1 saturated heterocycles. The molecule has 0 saturated carbocycles. The quantitative estimate of drug-likeness (QED) is 0.393. The maximum atomic E-state index is 12.4. The van der Waals surface area contributed by atoms with Gasteiger partial charge in [0.1, 0.15) is 17.1 Å². The Labute approximate surface area is 198 Å². The maximum absolute atomic E-state index is 12.4. The van der Waals surface area contributed by atoms with Gasteiger partial charge in [0, 0.05) is 31.4 Å². The summed E-state index contributed by atoms with van der Waals surface area (Å²) >= 11 is 0. The van der Waals surface area contributed by atoms with Crippen molar-refractivity contribution in [3.05, 3.63) is 78.1 Å². The highest BCUT2D eigenvalue weighted by molar-refractivity contribution is 5.99. The Morgan fingerprint density at radius 3 is 2.76 bits per heavy atom. The molecule has 5 rings (SSSR count). The van der Waals surface area contributed by atoms with Gasteiger partial charge in [-0.05, 0) is 68.2 Å². The zero-order chi connectivity index (χ0) is 23.3. The Balaban J connectivity index is 1.15. The number of para-hydroxylation sites is 1. The van der Waals surface area contributed by atoms with Gasteiger partial charge in [0.25, 0.3) is 5.91 Å². The first-order valence-electron chi connectivity index (χ1n) is 11.8. The maximum Gasteiger partial charge on any atom is 0.253 e. The van der Waals surface area contributed by atoms with Gasteiger partial charge < -0.3 is 24.9 Å². The van der Waals surface area contributed by atoms with E-state index in [2.05, 4.69) is 19.8 Å². The van der Waals surface area contributed by atoms with E-state index in [4.69, 9.17) is 15.1 Å². The molecule has 176 valence electrons. The molecule has 1 amide bonds. The fourth-order valence-electron chi connectivity index (χ4n) is 4.68. The first kappa shape index (κ1) is 22.2. The van der Waals surface area contributed by atoms with Crippen molar-refractivity contribution in [2.45, 2.75) is 25.8 Å². The smallest absolute Gasteiger partial charge is 0.253 e. The molecule has 0 radical (unpaired) electrons. The zero-order valence-corrected chi connectivity index (χ0v) is 19.2. The Morgan fingerprint density at radius 2 is 1.97 bits per heavy atom. The van der Waals surface area contributed by atoms with Crippen molar-refractivity contribution >= 4 is 22.8 Å². The van der Waals surface area contributed by atoms with E-state index in [9.17, 15) is 4.79 Å². The Kier molecular flexibility index (Phi) is 6.58. The fourth-order valence-corrected chi connectivity index (χ4v) is 4.68. The second-order valence-corrected chi connectivity index (χ2v) is 8.87. The van der Waals surface area contributed by atoms with Crippen LogP contribution in [-0.2, 0) is 13.0 Å². The molecule has 1 aromatic carbocycles. The van der Waals surface area contributed by atoms with Gasteiger partial charge in [-0.3, -0.25) is 4.79 Å². The van der Waals surface area contributed by atoms with Gasteiger partial charge in [0.2, 0.25) is 0 Å². The molecule has 1 aliphatic rings. The van der Waals surface area contributed by atoms with Crippen molar-refractivity contribution in [3.63, 3.8) is 0 Å². The van der Waals surface area contributed by atoms with E-state index in [0.717, 1.165) is 61.6 Å². The molecule has 8 nitrogen and oxygen atoms in total. The van der Waals surface area contributed by atoms with E-state index >= 15 is 0 Å².